The van der Waals surface area contributed by atoms with Gasteiger partial charge in [-0.2, -0.15) is 5.10 Å². The van der Waals surface area contributed by atoms with Crippen molar-refractivity contribution < 1.29 is 18.7 Å². The van der Waals surface area contributed by atoms with Crippen molar-refractivity contribution in [2.75, 3.05) is 37.0 Å². The molecular formula is C32H40N6O5. The van der Waals surface area contributed by atoms with Gasteiger partial charge in [-0.1, -0.05) is 6.07 Å². The first-order valence-electron chi connectivity index (χ1n) is 14.5. The third kappa shape index (κ3) is 5.74. The number of carbonyl (C=O) groups is 2. The Morgan fingerprint density at radius 1 is 1.00 bits per heavy atom. The maximum Gasteiger partial charge on any atom is 0.261 e. The van der Waals surface area contributed by atoms with Crippen LogP contribution < -0.4 is 15.4 Å². The van der Waals surface area contributed by atoms with Crippen molar-refractivity contribution in [3.05, 3.63) is 75.7 Å². The summed E-state index contributed by atoms with van der Waals surface area (Å²) in [5.41, 5.74) is 3.57. The van der Waals surface area contributed by atoms with E-state index in [1.54, 1.807) is 54.6 Å². The van der Waals surface area contributed by atoms with E-state index in [9.17, 15) is 14.4 Å². The van der Waals surface area contributed by atoms with Gasteiger partial charge >= 0.3 is 0 Å². The zero-order valence-corrected chi connectivity index (χ0v) is 26.0. The van der Waals surface area contributed by atoms with Crippen LogP contribution in [0.1, 0.15) is 43.5 Å². The minimum Gasteiger partial charge on any atom is -0.461 e. The van der Waals surface area contributed by atoms with Gasteiger partial charge in [-0.25, -0.2) is 0 Å². The number of aryl methyl sites for hydroxylation is 2. The van der Waals surface area contributed by atoms with E-state index in [4.69, 9.17) is 9.15 Å². The molecule has 228 valence electrons. The molecule has 0 saturated carbocycles. The van der Waals surface area contributed by atoms with E-state index in [0.717, 1.165) is 22.6 Å². The number of rotatable bonds is 10. The largest absolute Gasteiger partial charge is 0.461 e. The van der Waals surface area contributed by atoms with E-state index in [1.165, 1.54) is 0 Å². The second-order valence-corrected chi connectivity index (χ2v) is 11.7. The van der Waals surface area contributed by atoms with Crippen molar-refractivity contribution in [3.63, 3.8) is 0 Å². The van der Waals surface area contributed by atoms with Gasteiger partial charge in [0.1, 0.15) is 16.8 Å². The van der Waals surface area contributed by atoms with Crippen LogP contribution in [0.15, 0.2) is 51.8 Å². The number of hydrogen-bond donors (Lipinski definition) is 0. The molecule has 0 atom stereocenters. The summed E-state index contributed by atoms with van der Waals surface area (Å²) in [6.45, 7) is 10.2. The second-order valence-electron chi connectivity index (χ2n) is 11.7. The first-order chi connectivity index (χ1) is 20.4. The highest BCUT2D eigenvalue weighted by Gasteiger charge is 2.45. The Kier molecular flexibility index (Phi) is 8.31. The Morgan fingerprint density at radius 3 is 2.49 bits per heavy atom. The molecule has 0 saturated heterocycles. The fourth-order valence-electron chi connectivity index (χ4n) is 5.81. The van der Waals surface area contributed by atoms with Crippen LogP contribution in [0.4, 0.5) is 11.4 Å². The van der Waals surface area contributed by atoms with Crippen molar-refractivity contribution in [1.82, 2.24) is 19.2 Å². The van der Waals surface area contributed by atoms with Gasteiger partial charge in [0.2, 0.25) is 11.8 Å². The average Bonchev–Trinajstić information content (AvgIpc) is 3.52. The maximum atomic E-state index is 13.4. The Labute approximate surface area is 251 Å². The number of carbonyl (C=O) groups excluding carboxylic acids is 2. The van der Waals surface area contributed by atoms with Crippen molar-refractivity contribution in [1.29, 1.82) is 0 Å². The molecule has 5 rings (SSSR count). The van der Waals surface area contributed by atoms with E-state index in [2.05, 4.69) is 10.00 Å². The number of furan rings is 1. The van der Waals surface area contributed by atoms with Gasteiger partial charge in [0.15, 0.2) is 0 Å². The quantitative estimate of drug-likeness (QED) is 0.259. The van der Waals surface area contributed by atoms with Crippen LogP contribution in [-0.2, 0) is 47.6 Å². The van der Waals surface area contributed by atoms with Crippen molar-refractivity contribution in [3.8, 4) is 0 Å². The minimum absolute atomic E-state index is 0.0886. The summed E-state index contributed by atoms with van der Waals surface area (Å²) >= 11 is 0. The molecule has 1 aliphatic rings. The molecule has 11 heteroatoms. The van der Waals surface area contributed by atoms with Gasteiger partial charge < -0.3 is 23.5 Å². The first-order valence-corrected chi connectivity index (χ1v) is 14.5. The van der Waals surface area contributed by atoms with Crippen LogP contribution in [0.2, 0.25) is 0 Å². The van der Waals surface area contributed by atoms with Crippen LogP contribution in [0.25, 0.3) is 11.0 Å². The van der Waals surface area contributed by atoms with E-state index in [1.807, 2.05) is 55.9 Å². The number of hydrogen-bond acceptors (Lipinski definition) is 7. The summed E-state index contributed by atoms with van der Waals surface area (Å²) in [6.07, 6.45) is 1.77. The molecule has 2 amide bonds. The highest BCUT2D eigenvalue weighted by Crippen LogP contribution is 2.39. The predicted octanol–water partition coefficient (Wildman–Crippen LogP) is 3.84. The Balaban J connectivity index is 1.47. The van der Waals surface area contributed by atoms with Crippen molar-refractivity contribution in [2.45, 2.75) is 53.9 Å². The smallest absolute Gasteiger partial charge is 0.261 e. The summed E-state index contributed by atoms with van der Waals surface area (Å²) in [5, 5.41) is 5.14. The Morgan fingerprint density at radius 2 is 1.77 bits per heavy atom. The SMILES string of the molecule is CCN1C(=O)C(C)(C)C(=O)N(C)c2cc(CN(CCn3ccc4oc(C)cc4c3=O)Cc3cc(COC)nn3C)ccc21. The lowest BCUT2D eigenvalue weighted by atomic mass is 9.90. The predicted molar refractivity (Wildman–Crippen MR) is 165 cm³/mol. The molecule has 1 aliphatic heterocycles. The molecule has 3 aromatic heterocycles. The average molecular weight is 589 g/mol. The maximum absolute atomic E-state index is 13.4. The van der Waals surface area contributed by atoms with Gasteiger partial charge in [0, 0.05) is 60.1 Å². The Hall–Kier alpha value is -4.22. The van der Waals surface area contributed by atoms with Crippen LogP contribution in [0, 0.1) is 12.3 Å². The Bertz CT molecular complexity index is 1730. The standard InChI is InChI=1S/C32H40N6O5/c1-8-38-26-10-9-22(16-27(26)34(5)30(40)32(3,4)31(38)41)18-36(19-24-17-23(20-42-7)33-35(24)6)13-14-37-12-11-28-25(29(37)39)15-21(2)43-28/h9-12,15-17H,8,13-14,18-20H2,1-7H3. The number of ether oxygens (including phenoxy) is 1. The van der Waals surface area contributed by atoms with Crippen LogP contribution in [-0.4, -0.2) is 58.3 Å². The summed E-state index contributed by atoms with van der Waals surface area (Å²) < 4.78 is 14.5. The van der Waals surface area contributed by atoms with E-state index in [0.29, 0.717) is 61.7 Å². The molecule has 0 aliphatic carbocycles. The third-order valence-electron chi connectivity index (χ3n) is 8.18. The second kappa shape index (κ2) is 11.8. The minimum atomic E-state index is -1.17. The lowest BCUT2D eigenvalue weighted by Gasteiger charge is -2.27. The fourth-order valence-corrected chi connectivity index (χ4v) is 5.81. The first kappa shape index (κ1) is 30.2. The number of aromatic nitrogens is 3. The van der Waals surface area contributed by atoms with Gasteiger partial charge in [0.25, 0.3) is 5.56 Å². The molecule has 0 N–H and O–H groups in total. The van der Waals surface area contributed by atoms with Gasteiger partial charge in [0.05, 0.1) is 34.8 Å². The third-order valence-corrected chi connectivity index (χ3v) is 8.18. The molecule has 0 spiro atoms. The van der Waals surface area contributed by atoms with Crippen molar-refractivity contribution >= 4 is 34.2 Å². The molecule has 0 radical (unpaired) electrons. The number of benzene rings is 1. The molecular weight excluding hydrogens is 548 g/mol. The van der Waals surface area contributed by atoms with E-state index >= 15 is 0 Å². The van der Waals surface area contributed by atoms with E-state index < -0.39 is 5.41 Å². The molecule has 4 heterocycles. The lowest BCUT2D eigenvalue weighted by Crippen LogP contribution is -2.47. The number of methoxy groups -OCH3 is 1. The van der Waals surface area contributed by atoms with Crippen LogP contribution in [0.3, 0.4) is 0 Å². The molecule has 0 fully saturated rings. The molecule has 1 aromatic carbocycles. The highest BCUT2D eigenvalue weighted by molar-refractivity contribution is 6.19. The fraction of sp³-hybridized carbons (Fsp3) is 0.438. The monoisotopic (exact) mass is 588 g/mol. The van der Waals surface area contributed by atoms with Crippen LogP contribution >= 0.6 is 0 Å². The highest BCUT2D eigenvalue weighted by atomic mass is 16.5. The van der Waals surface area contributed by atoms with Gasteiger partial charge in [-0.05, 0) is 63.6 Å². The molecule has 43 heavy (non-hydrogen) atoms. The molecule has 11 nitrogen and oxygen atoms in total. The summed E-state index contributed by atoms with van der Waals surface area (Å²) in [6, 6.07) is 11.6. The zero-order valence-electron chi connectivity index (χ0n) is 26.0. The van der Waals surface area contributed by atoms with Crippen LogP contribution in [0.5, 0.6) is 0 Å². The lowest BCUT2D eigenvalue weighted by molar-refractivity contribution is -0.137. The number of anilines is 2. The topological polar surface area (TPSA) is 106 Å². The summed E-state index contributed by atoms with van der Waals surface area (Å²) in [4.78, 5) is 45.4. The van der Waals surface area contributed by atoms with Crippen molar-refractivity contribution in [2.24, 2.45) is 12.5 Å². The number of nitrogens with zero attached hydrogens (tertiary/aromatic N) is 6. The molecule has 4 aromatic rings. The summed E-state index contributed by atoms with van der Waals surface area (Å²) in [5.74, 6) is 0.250. The summed E-state index contributed by atoms with van der Waals surface area (Å²) in [7, 11) is 5.28. The number of pyridine rings is 1. The van der Waals surface area contributed by atoms with E-state index in [-0.39, 0.29) is 17.4 Å². The molecule has 0 bridgehead atoms. The number of fused-ring (bicyclic) bond motifs is 2. The molecule has 0 unspecified atom stereocenters. The van der Waals surface area contributed by atoms with Gasteiger partial charge in [-0.3, -0.25) is 24.0 Å². The number of amides is 2. The van der Waals surface area contributed by atoms with Gasteiger partial charge in [-0.15, -0.1) is 0 Å². The zero-order chi connectivity index (χ0) is 31.1. The normalized spacial score (nSPS) is 15.1.